The number of nitro benzene ring substituents is 1. The fourth-order valence-corrected chi connectivity index (χ4v) is 2.99. The van der Waals surface area contributed by atoms with Crippen molar-refractivity contribution in [2.75, 3.05) is 51.4 Å². The number of anilines is 1. The van der Waals surface area contributed by atoms with E-state index in [2.05, 4.69) is 9.80 Å². The highest BCUT2D eigenvalue weighted by molar-refractivity contribution is 5.59. The molecule has 2 aliphatic heterocycles. The van der Waals surface area contributed by atoms with E-state index in [1.54, 1.807) is 12.1 Å². The molecule has 7 nitrogen and oxygen atoms in total. The maximum absolute atomic E-state index is 10.9. The molecule has 0 radical (unpaired) electrons. The van der Waals surface area contributed by atoms with Crippen LogP contribution in [0.1, 0.15) is 0 Å². The van der Waals surface area contributed by atoms with E-state index in [0.717, 1.165) is 45.1 Å². The van der Waals surface area contributed by atoms with E-state index in [9.17, 15) is 10.1 Å². The van der Waals surface area contributed by atoms with Crippen LogP contribution in [0.15, 0.2) is 18.2 Å². The van der Waals surface area contributed by atoms with Gasteiger partial charge in [-0.1, -0.05) is 0 Å². The lowest BCUT2D eigenvalue weighted by molar-refractivity contribution is -0.385. The number of fused-ring (bicyclic) bond motifs is 1. The number of methoxy groups -OCH3 is 1. The molecule has 1 atom stereocenters. The van der Waals surface area contributed by atoms with Gasteiger partial charge in [0.25, 0.3) is 0 Å². The molecule has 2 saturated heterocycles. The van der Waals surface area contributed by atoms with Crippen molar-refractivity contribution in [2.45, 2.75) is 6.04 Å². The second-order valence-corrected chi connectivity index (χ2v) is 5.32. The van der Waals surface area contributed by atoms with Crippen LogP contribution in [-0.2, 0) is 4.74 Å². The standard InChI is InChI=1S/C14H19N3O4/c1-20-14-8-11(2-3-13(14)17(18)19)16-5-4-15-6-7-21-10-12(15)9-16/h2-3,8,12H,4-7,9-10H2,1H3/t12-/m0/s1. The average Bonchev–Trinajstić information content (AvgIpc) is 2.53. The second-order valence-electron chi connectivity index (χ2n) is 5.32. The summed E-state index contributed by atoms with van der Waals surface area (Å²) in [5.74, 6) is 0.305. The molecule has 0 unspecified atom stereocenters. The monoisotopic (exact) mass is 293 g/mol. The molecule has 3 rings (SSSR count). The molecule has 1 aromatic carbocycles. The van der Waals surface area contributed by atoms with Crippen molar-refractivity contribution in [3.05, 3.63) is 28.3 Å². The molecule has 1 aromatic rings. The van der Waals surface area contributed by atoms with Gasteiger partial charge in [0.05, 0.1) is 31.3 Å². The van der Waals surface area contributed by atoms with Crippen LogP contribution in [-0.4, -0.2) is 62.4 Å². The van der Waals surface area contributed by atoms with Crippen LogP contribution in [0.25, 0.3) is 0 Å². The Morgan fingerprint density at radius 3 is 3.00 bits per heavy atom. The predicted octanol–water partition coefficient (Wildman–Crippen LogP) is 1.12. The van der Waals surface area contributed by atoms with Gasteiger partial charge in [0.1, 0.15) is 0 Å². The van der Waals surface area contributed by atoms with E-state index in [4.69, 9.17) is 9.47 Å². The highest BCUT2D eigenvalue weighted by Gasteiger charge is 2.30. The highest BCUT2D eigenvalue weighted by Crippen LogP contribution is 2.32. The van der Waals surface area contributed by atoms with Crippen LogP contribution in [0, 0.1) is 10.1 Å². The summed E-state index contributed by atoms with van der Waals surface area (Å²) < 4.78 is 10.7. The maximum atomic E-state index is 10.9. The molecule has 0 saturated carbocycles. The molecule has 0 N–H and O–H groups in total. The fraction of sp³-hybridized carbons (Fsp3) is 0.571. The van der Waals surface area contributed by atoms with Crippen LogP contribution in [0.3, 0.4) is 0 Å². The van der Waals surface area contributed by atoms with Gasteiger partial charge in [0, 0.05) is 44.0 Å². The first-order valence-electron chi connectivity index (χ1n) is 7.08. The Balaban J connectivity index is 1.79. The normalized spacial score (nSPS) is 22.7. The van der Waals surface area contributed by atoms with Crippen LogP contribution in [0.2, 0.25) is 0 Å². The summed E-state index contributed by atoms with van der Waals surface area (Å²) in [6.07, 6.45) is 0. The first-order chi connectivity index (χ1) is 10.2. The smallest absolute Gasteiger partial charge is 0.311 e. The van der Waals surface area contributed by atoms with Gasteiger partial charge < -0.3 is 14.4 Å². The van der Waals surface area contributed by atoms with Gasteiger partial charge in [-0.3, -0.25) is 15.0 Å². The lowest BCUT2D eigenvalue weighted by atomic mass is 10.1. The molecular weight excluding hydrogens is 274 g/mol. The molecule has 2 aliphatic rings. The summed E-state index contributed by atoms with van der Waals surface area (Å²) in [5.41, 5.74) is 0.962. The van der Waals surface area contributed by atoms with E-state index in [1.165, 1.54) is 13.2 Å². The molecule has 0 amide bonds. The van der Waals surface area contributed by atoms with E-state index in [1.807, 2.05) is 0 Å². The first-order valence-corrected chi connectivity index (χ1v) is 7.08. The zero-order valence-electron chi connectivity index (χ0n) is 12.0. The Hall–Kier alpha value is -1.86. The van der Waals surface area contributed by atoms with Gasteiger partial charge in [0.2, 0.25) is 0 Å². The second kappa shape index (κ2) is 5.87. The molecule has 2 heterocycles. The number of benzene rings is 1. The minimum absolute atomic E-state index is 0.000820. The zero-order valence-corrected chi connectivity index (χ0v) is 12.0. The van der Waals surface area contributed by atoms with Crippen molar-refractivity contribution in [3.63, 3.8) is 0 Å². The third kappa shape index (κ3) is 2.79. The van der Waals surface area contributed by atoms with Crippen molar-refractivity contribution in [3.8, 4) is 5.75 Å². The van der Waals surface area contributed by atoms with E-state index in [0.29, 0.717) is 11.8 Å². The average molecular weight is 293 g/mol. The number of piperazine rings is 1. The molecule has 0 bridgehead atoms. The van der Waals surface area contributed by atoms with Gasteiger partial charge in [-0.15, -0.1) is 0 Å². The molecule has 21 heavy (non-hydrogen) atoms. The Morgan fingerprint density at radius 2 is 2.24 bits per heavy atom. The van der Waals surface area contributed by atoms with Crippen molar-refractivity contribution in [1.29, 1.82) is 0 Å². The Morgan fingerprint density at radius 1 is 1.38 bits per heavy atom. The van der Waals surface area contributed by atoms with E-state index < -0.39 is 4.92 Å². The summed E-state index contributed by atoms with van der Waals surface area (Å²) in [4.78, 5) is 15.2. The van der Waals surface area contributed by atoms with E-state index in [-0.39, 0.29) is 5.69 Å². The summed E-state index contributed by atoms with van der Waals surface area (Å²) in [6.45, 7) is 5.33. The SMILES string of the molecule is COc1cc(N2CCN3CCOC[C@@H]3C2)ccc1[N+](=O)[O-]. The van der Waals surface area contributed by atoms with Gasteiger partial charge in [-0.2, -0.15) is 0 Å². The molecule has 0 aliphatic carbocycles. The van der Waals surface area contributed by atoms with Crippen molar-refractivity contribution >= 4 is 11.4 Å². The Bertz CT molecular complexity index is 537. The molecule has 0 spiro atoms. The number of hydrogen-bond acceptors (Lipinski definition) is 6. The minimum atomic E-state index is -0.421. The van der Waals surface area contributed by atoms with E-state index >= 15 is 0 Å². The summed E-state index contributed by atoms with van der Waals surface area (Å²) in [7, 11) is 1.46. The number of hydrogen-bond donors (Lipinski definition) is 0. The van der Waals surface area contributed by atoms with Crippen LogP contribution in [0.5, 0.6) is 5.75 Å². The van der Waals surface area contributed by atoms with Crippen molar-refractivity contribution < 1.29 is 14.4 Å². The van der Waals surface area contributed by atoms with Crippen LogP contribution in [0.4, 0.5) is 11.4 Å². The van der Waals surface area contributed by atoms with Crippen molar-refractivity contribution in [2.24, 2.45) is 0 Å². The van der Waals surface area contributed by atoms with Gasteiger partial charge in [-0.05, 0) is 6.07 Å². The molecular formula is C14H19N3O4. The molecule has 2 fully saturated rings. The summed E-state index contributed by atoms with van der Waals surface area (Å²) >= 11 is 0. The number of nitro groups is 1. The summed E-state index contributed by atoms with van der Waals surface area (Å²) in [5, 5.41) is 10.9. The summed E-state index contributed by atoms with van der Waals surface area (Å²) in [6, 6.07) is 5.45. The number of nitrogens with zero attached hydrogens (tertiary/aromatic N) is 3. The quantitative estimate of drug-likeness (QED) is 0.614. The Labute approximate surface area is 123 Å². The van der Waals surface area contributed by atoms with Gasteiger partial charge in [0.15, 0.2) is 5.75 Å². The lowest BCUT2D eigenvalue weighted by Gasteiger charge is -2.44. The molecule has 0 aromatic heterocycles. The Kier molecular flexibility index (Phi) is 3.94. The predicted molar refractivity (Wildman–Crippen MR) is 78.0 cm³/mol. The third-order valence-corrected chi connectivity index (χ3v) is 4.16. The zero-order chi connectivity index (χ0) is 14.8. The third-order valence-electron chi connectivity index (χ3n) is 4.16. The minimum Gasteiger partial charge on any atom is -0.490 e. The first kappa shape index (κ1) is 14.1. The molecule has 114 valence electrons. The fourth-order valence-electron chi connectivity index (χ4n) is 2.99. The largest absolute Gasteiger partial charge is 0.490 e. The van der Waals surface area contributed by atoms with Gasteiger partial charge >= 0.3 is 5.69 Å². The number of morpholine rings is 1. The van der Waals surface area contributed by atoms with Crippen molar-refractivity contribution in [1.82, 2.24) is 4.90 Å². The topological polar surface area (TPSA) is 68.1 Å². The molecule has 7 heteroatoms. The highest BCUT2D eigenvalue weighted by atomic mass is 16.6. The maximum Gasteiger partial charge on any atom is 0.311 e. The number of ether oxygens (including phenoxy) is 2. The van der Waals surface area contributed by atoms with Crippen LogP contribution < -0.4 is 9.64 Å². The van der Waals surface area contributed by atoms with Gasteiger partial charge in [-0.25, -0.2) is 0 Å². The number of rotatable bonds is 3. The van der Waals surface area contributed by atoms with Crippen LogP contribution >= 0.6 is 0 Å². The lowest BCUT2D eigenvalue weighted by Crippen LogP contribution is -2.58.